The van der Waals surface area contributed by atoms with E-state index in [-0.39, 0.29) is 5.75 Å². The fourth-order valence-electron chi connectivity index (χ4n) is 2.55. The van der Waals surface area contributed by atoms with Gasteiger partial charge in [0.1, 0.15) is 11.5 Å². The van der Waals surface area contributed by atoms with Crippen molar-refractivity contribution in [3.05, 3.63) is 59.2 Å². The number of aliphatic carboxylic acids is 1. The van der Waals surface area contributed by atoms with Crippen LogP contribution in [0, 0.1) is 6.92 Å². The highest BCUT2D eigenvalue weighted by Gasteiger charge is 2.22. The van der Waals surface area contributed by atoms with Gasteiger partial charge < -0.3 is 14.9 Å². The lowest BCUT2D eigenvalue weighted by atomic mass is 9.89. The van der Waals surface area contributed by atoms with Crippen LogP contribution in [0.2, 0.25) is 0 Å². The number of carboxylic acids is 1. The first kappa shape index (κ1) is 15.9. The second-order valence-corrected chi connectivity index (χ2v) is 5.22. The highest BCUT2D eigenvalue weighted by Crippen LogP contribution is 2.28. The number of rotatable bonds is 6. The van der Waals surface area contributed by atoms with Crippen LogP contribution in [0.5, 0.6) is 11.5 Å². The summed E-state index contributed by atoms with van der Waals surface area (Å²) in [5.74, 6) is -0.650. The Morgan fingerprint density at radius 3 is 2.59 bits per heavy atom. The number of carbonyl (C=O) groups is 1. The first-order valence-electron chi connectivity index (χ1n) is 7.25. The molecule has 1 unspecified atom stereocenters. The fourth-order valence-corrected chi connectivity index (χ4v) is 2.55. The minimum absolute atomic E-state index is 0.144. The van der Waals surface area contributed by atoms with E-state index in [0.717, 1.165) is 22.4 Å². The second kappa shape index (κ2) is 6.98. The summed E-state index contributed by atoms with van der Waals surface area (Å²) in [6.45, 7) is 4.37. The summed E-state index contributed by atoms with van der Waals surface area (Å²) < 4.78 is 5.44. The van der Waals surface area contributed by atoms with Gasteiger partial charge in [0.15, 0.2) is 0 Å². The van der Waals surface area contributed by atoms with E-state index in [1.54, 1.807) is 24.3 Å². The van der Waals surface area contributed by atoms with Gasteiger partial charge >= 0.3 is 5.97 Å². The minimum atomic E-state index is -0.879. The lowest BCUT2D eigenvalue weighted by Gasteiger charge is -2.16. The molecule has 0 amide bonds. The molecule has 0 aliphatic carbocycles. The minimum Gasteiger partial charge on any atom is -0.508 e. The van der Waals surface area contributed by atoms with E-state index in [4.69, 9.17) is 4.74 Å². The van der Waals surface area contributed by atoms with Crippen molar-refractivity contribution < 1.29 is 19.7 Å². The first-order valence-corrected chi connectivity index (χ1v) is 7.25. The highest BCUT2D eigenvalue weighted by atomic mass is 16.5. The lowest BCUT2D eigenvalue weighted by Crippen LogP contribution is -2.15. The summed E-state index contributed by atoms with van der Waals surface area (Å²) in [6, 6.07) is 12.2. The molecule has 0 aliphatic rings. The van der Waals surface area contributed by atoms with E-state index in [2.05, 4.69) is 0 Å². The fraction of sp³-hybridized carbons (Fsp3) is 0.278. The van der Waals surface area contributed by atoms with E-state index >= 15 is 0 Å². The monoisotopic (exact) mass is 300 g/mol. The molecule has 0 aliphatic heterocycles. The Balaban J connectivity index is 2.30. The van der Waals surface area contributed by atoms with E-state index in [1.165, 1.54) is 0 Å². The number of phenolic OH excluding ortho intramolecular Hbond substituents is 1. The number of hydrogen-bond acceptors (Lipinski definition) is 3. The van der Waals surface area contributed by atoms with Crippen molar-refractivity contribution in [2.24, 2.45) is 0 Å². The lowest BCUT2D eigenvalue weighted by molar-refractivity contribution is -0.138. The van der Waals surface area contributed by atoms with Crippen molar-refractivity contribution in [2.45, 2.75) is 26.2 Å². The molecule has 0 aromatic heterocycles. The zero-order chi connectivity index (χ0) is 16.1. The molecule has 0 bridgehead atoms. The van der Waals surface area contributed by atoms with E-state index < -0.39 is 11.9 Å². The molecule has 2 aromatic rings. The SMILES string of the molecule is CCOc1ccc(C(Cc2cccc(O)c2)C(=O)O)c(C)c1. The third-order valence-electron chi connectivity index (χ3n) is 3.58. The van der Waals surface area contributed by atoms with Crippen LogP contribution in [0.3, 0.4) is 0 Å². The van der Waals surface area contributed by atoms with Gasteiger partial charge in [0.05, 0.1) is 12.5 Å². The van der Waals surface area contributed by atoms with Crippen molar-refractivity contribution in [3.63, 3.8) is 0 Å². The van der Waals surface area contributed by atoms with Crippen molar-refractivity contribution in [2.75, 3.05) is 6.61 Å². The molecule has 4 heteroatoms. The van der Waals surface area contributed by atoms with Crippen LogP contribution < -0.4 is 4.74 Å². The molecular formula is C18H20O4. The van der Waals surface area contributed by atoms with Gasteiger partial charge in [-0.05, 0) is 61.2 Å². The molecule has 1 atom stereocenters. The maximum absolute atomic E-state index is 11.7. The quantitative estimate of drug-likeness (QED) is 0.856. The zero-order valence-electron chi connectivity index (χ0n) is 12.7. The number of carboxylic acid groups (broad SMARTS) is 1. The Morgan fingerprint density at radius 1 is 1.23 bits per heavy atom. The largest absolute Gasteiger partial charge is 0.508 e. The van der Waals surface area contributed by atoms with Gasteiger partial charge in [0, 0.05) is 0 Å². The number of benzene rings is 2. The molecule has 4 nitrogen and oxygen atoms in total. The molecule has 0 saturated heterocycles. The van der Waals surface area contributed by atoms with Crippen molar-refractivity contribution >= 4 is 5.97 Å². The predicted octanol–water partition coefficient (Wildman–Crippen LogP) is 3.51. The molecular weight excluding hydrogens is 280 g/mol. The predicted molar refractivity (Wildman–Crippen MR) is 84.5 cm³/mol. The Bertz CT molecular complexity index is 664. The molecule has 2 aromatic carbocycles. The van der Waals surface area contributed by atoms with Gasteiger partial charge in [0.25, 0.3) is 0 Å². The Hall–Kier alpha value is -2.49. The number of ether oxygens (including phenoxy) is 1. The topological polar surface area (TPSA) is 66.8 Å². The summed E-state index contributed by atoms with van der Waals surface area (Å²) in [5.41, 5.74) is 2.44. The zero-order valence-corrected chi connectivity index (χ0v) is 12.7. The maximum atomic E-state index is 11.7. The van der Waals surface area contributed by atoms with Crippen LogP contribution in [-0.2, 0) is 11.2 Å². The Labute approximate surface area is 130 Å². The highest BCUT2D eigenvalue weighted by molar-refractivity contribution is 5.77. The third-order valence-corrected chi connectivity index (χ3v) is 3.58. The average molecular weight is 300 g/mol. The van der Waals surface area contributed by atoms with E-state index in [0.29, 0.717) is 13.0 Å². The molecule has 0 spiro atoms. The van der Waals surface area contributed by atoms with Gasteiger partial charge in [-0.25, -0.2) is 0 Å². The van der Waals surface area contributed by atoms with Gasteiger partial charge in [0.2, 0.25) is 0 Å². The average Bonchev–Trinajstić information content (AvgIpc) is 2.46. The summed E-state index contributed by atoms with van der Waals surface area (Å²) in [7, 11) is 0. The number of hydrogen-bond donors (Lipinski definition) is 2. The van der Waals surface area contributed by atoms with Gasteiger partial charge in [-0.1, -0.05) is 18.2 Å². The summed E-state index contributed by atoms with van der Waals surface area (Å²) >= 11 is 0. The van der Waals surface area contributed by atoms with Crippen LogP contribution in [0.1, 0.15) is 29.5 Å². The maximum Gasteiger partial charge on any atom is 0.311 e. The molecule has 116 valence electrons. The van der Waals surface area contributed by atoms with Crippen molar-refractivity contribution in [3.8, 4) is 11.5 Å². The van der Waals surface area contributed by atoms with Crippen LogP contribution in [0.15, 0.2) is 42.5 Å². The van der Waals surface area contributed by atoms with E-state index in [1.807, 2.05) is 32.0 Å². The number of phenols is 1. The Morgan fingerprint density at radius 2 is 2.00 bits per heavy atom. The van der Waals surface area contributed by atoms with Gasteiger partial charge in [-0.2, -0.15) is 0 Å². The number of aryl methyl sites for hydroxylation is 1. The third kappa shape index (κ3) is 3.79. The van der Waals surface area contributed by atoms with Crippen LogP contribution >= 0.6 is 0 Å². The molecule has 2 N–H and O–H groups in total. The standard InChI is InChI=1S/C18H20O4/c1-3-22-15-7-8-16(12(2)9-15)17(18(20)21)11-13-5-4-6-14(19)10-13/h4-10,17,19H,3,11H2,1-2H3,(H,20,21). The summed E-state index contributed by atoms with van der Waals surface area (Å²) in [6.07, 6.45) is 0.332. The summed E-state index contributed by atoms with van der Waals surface area (Å²) in [4.78, 5) is 11.7. The van der Waals surface area contributed by atoms with Crippen molar-refractivity contribution in [1.29, 1.82) is 0 Å². The van der Waals surface area contributed by atoms with Crippen LogP contribution in [0.25, 0.3) is 0 Å². The smallest absolute Gasteiger partial charge is 0.311 e. The first-order chi connectivity index (χ1) is 10.5. The molecule has 0 radical (unpaired) electrons. The second-order valence-electron chi connectivity index (χ2n) is 5.22. The molecule has 0 saturated carbocycles. The molecule has 0 heterocycles. The number of aromatic hydroxyl groups is 1. The van der Waals surface area contributed by atoms with Crippen LogP contribution in [0.4, 0.5) is 0 Å². The molecule has 2 rings (SSSR count). The van der Waals surface area contributed by atoms with Gasteiger partial charge in [-0.3, -0.25) is 4.79 Å². The normalized spacial score (nSPS) is 11.9. The van der Waals surface area contributed by atoms with Gasteiger partial charge in [-0.15, -0.1) is 0 Å². The van der Waals surface area contributed by atoms with Crippen molar-refractivity contribution in [1.82, 2.24) is 0 Å². The van der Waals surface area contributed by atoms with Crippen LogP contribution in [-0.4, -0.2) is 22.8 Å². The Kier molecular flexibility index (Phi) is 5.04. The molecule has 22 heavy (non-hydrogen) atoms. The molecule has 0 fully saturated rings. The summed E-state index contributed by atoms with van der Waals surface area (Å²) in [5, 5.41) is 19.1. The van der Waals surface area contributed by atoms with E-state index in [9.17, 15) is 15.0 Å².